The summed E-state index contributed by atoms with van der Waals surface area (Å²) in [5.41, 5.74) is 19.7. The third-order valence-corrected chi connectivity index (χ3v) is 8.17. The second kappa shape index (κ2) is 10.2. The highest BCUT2D eigenvalue weighted by atomic mass is 35.5. The third-order valence-electron chi connectivity index (χ3n) is 8.17. The Morgan fingerprint density at radius 3 is 2.45 bits per heavy atom. The average molecular weight is 556 g/mol. The van der Waals surface area contributed by atoms with Gasteiger partial charge in [-0.05, 0) is 79.8 Å². The highest BCUT2D eigenvalue weighted by Gasteiger charge is 2.34. The molecule has 0 amide bonds. The summed E-state index contributed by atoms with van der Waals surface area (Å²) >= 11 is 0. The number of hydrogen-bond donors (Lipinski definition) is 2. The van der Waals surface area contributed by atoms with E-state index in [0.29, 0.717) is 24.6 Å². The quantitative estimate of drug-likeness (QED) is 0.274. The van der Waals surface area contributed by atoms with Crippen LogP contribution in [0.5, 0.6) is 0 Å². The third kappa shape index (κ3) is 4.47. The molecule has 0 unspecified atom stereocenters. The summed E-state index contributed by atoms with van der Waals surface area (Å²) in [4.78, 5) is 16.4. The fourth-order valence-electron chi connectivity index (χ4n) is 5.75. The molecule has 1 saturated carbocycles. The van der Waals surface area contributed by atoms with Crippen LogP contribution in [0.15, 0.2) is 79.0 Å². The van der Waals surface area contributed by atoms with Gasteiger partial charge in [0.05, 0.1) is 11.3 Å². The summed E-state index contributed by atoms with van der Waals surface area (Å²) in [6.07, 6.45) is 4.64. The van der Waals surface area contributed by atoms with Crippen LogP contribution in [0, 0.1) is 0 Å². The Morgan fingerprint density at radius 2 is 1.75 bits per heavy atom. The summed E-state index contributed by atoms with van der Waals surface area (Å²) in [6.45, 7) is 1.15. The molecule has 4 heterocycles. The molecule has 1 aliphatic carbocycles. The first-order valence-corrected chi connectivity index (χ1v) is 13.5. The van der Waals surface area contributed by atoms with E-state index in [1.165, 1.54) is 0 Å². The van der Waals surface area contributed by atoms with E-state index >= 15 is 0 Å². The van der Waals surface area contributed by atoms with E-state index in [0.717, 1.165) is 70.7 Å². The largest absolute Gasteiger partial charge is 0.383 e. The molecule has 204 valence electrons. The zero-order valence-electron chi connectivity index (χ0n) is 22.0. The summed E-state index contributed by atoms with van der Waals surface area (Å²) in [6, 6.07) is 24.3. The first-order valence-electron chi connectivity index (χ1n) is 13.5. The number of alkyl halides is 1. The maximum atomic E-state index is 13.9. The van der Waals surface area contributed by atoms with E-state index < -0.39 is 6.17 Å². The Labute approximate surface area is 238 Å². The van der Waals surface area contributed by atoms with Crippen molar-refractivity contribution in [2.75, 3.05) is 23.7 Å². The molecule has 0 bridgehead atoms. The molecule has 5 aromatic rings. The van der Waals surface area contributed by atoms with Crippen LogP contribution < -0.4 is 16.4 Å². The second-order valence-electron chi connectivity index (χ2n) is 10.7. The number of rotatable bonds is 5. The van der Waals surface area contributed by atoms with Crippen LogP contribution in [-0.4, -0.2) is 38.8 Å². The van der Waals surface area contributed by atoms with Gasteiger partial charge in [-0.25, -0.2) is 19.3 Å². The summed E-state index contributed by atoms with van der Waals surface area (Å²) in [7, 11) is 0. The van der Waals surface area contributed by atoms with Crippen molar-refractivity contribution in [2.24, 2.45) is 5.73 Å². The van der Waals surface area contributed by atoms with Crippen molar-refractivity contribution >= 4 is 35.1 Å². The predicted molar refractivity (Wildman–Crippen MR) is 161 cm³/mol. The van der Waals surface area contributed by atoms with Gasteiger partial charge in [0.25, 0.3) is 0 Å². The van der Waals surface area contributed by atoms with Gasteiger partial charge in [-0.3, -0.25) is 4.57 Å². The fourth-order valence-corrected chi connectivity index (χ4v) is 5.75. The van der Waals surface area contributed by atoms with Gasteiger partial charge in [0.2, 0.25) is 0 Å². The zero-order valence-corrected chi connectivity index (χ0v) is 22.8. The topological polar surface area (TPSA) is 98.9 Å². The van der Waals surface area contributed by atoms with Gasteiger partial charge in [-0.1, -0.05) is 24.3 Å². The van der Waals surface area contributed by atoms with Gasteiger partial charge in [0, 0.05) is 41.8 Å². The van der Waals surface area contributed by atoms with Crippen molar-refractivity contribution in [3.8, 4) is 28.3 Å². The van der Waals surface area contributed by atoms with Gasteiger partial charge in [0.1, 0.15) is 17.5 Å². The minimum absolute atomic E-state index is 0. The Balaban J connectivity index is 0.00000289. The van der Waals surface area contributed by atoms with Crippen molar-refractivity contribution in [1.82, 2.24) is 19.5 Å². The van der Waals surface area contributed by atoms with E-state index in [-0.39, 0.29) is 17.9 Å². The van der Waals surface area contributed by atoms with Crippen molar-refractivity contribution in [3.63, 3.8) is 0 Å². The van der Waals surface area contributed by atoms with Crippen LogP contribution in [0.25, 0.3) is 39.5 Å². The summed E-state index contributed by atoms with van der Waals surface area (Å²) in [5.74, 6) is 1.09. The molecule has 40 heavy (non-hydrogen) atoms. The Bertz CT molecular complexity index is 1680. The number of fused-ring (bicyclic) bond motifs is 1. The normalized spacial score (nSPS) is 17.9. The lowest BCUT2D eigenvalue weighted by molar-refractivity contribution is 0.253. The molecule has 1 saturated heterocycles. The van der Waals surface area contributed by atoms with Gasteiger partial charge < -0.3 is 16.4 Å². The van der Waals surface area contributed by atoms with Crippen LogP contribution >= 0.6 is 12.4 Å². The number of anilines is 2. The van der Waals surface area contributed by atoms with Crippen LogP contribution in [-0.2, 0) is 5.54 Å². The highest BCUT2D eigenvalue weighted by molar-refractivity contribution is 5.85. The zero-order chi connectivity index (χ0) is 26.6. The summed E-state index contributed by atoms with van der Waals surface area (Å²) < 4.78 is 15.9. The monoisotopic (exact) mass is 555 g/mol. The number of nitrogens with zero attached hydrogens (tertiary/aromatic N) is 5. The lowest BCUT2D eigenvalue weighted by Crippen LogP contribution is -2.43. The van der Waals surface area contributed by atoms with Gasteiger partial charge >= 0.3 is 0 Å². The molecule has 2 aliphatic rings. The molecule has 2 aromatic carbocycles. The lowest BCUT2D eigenvalue weighted by atomic mass is 9.73. The summed E-state index contributed by atoms with van der Waals surface area (Å²) in [5, 5.41) is 0. The fraction of sp³-hybridized carbons (Fsp3) is 0.258. The standard InChI is InChI=1S/C31H30FN7.ClH/c32-22-13-17-38(19-22)24-5-1-4-20(18-24)26-11-12-27-30(36-26)39(29(37-27)25-6-2-16-35-28(25)33)23-9-7-21(8-10-23)31(34)14-3-15-31;/h1-2,4-12,16,18,22H,3,13-15,17,19,34H2,(H2,33,35);1H/t22-;/m0./s1. The van der Waals surface area contributed by atoms with Gasteiger partial charge in [-0.2, -0.15) is 0 Å². The SMILES string of the molecule is Cl.Nc1ncccc1-c1nc2ccc(-c3cccc(N4CC[C@H](F)C4)c3)nc2n1-c1ccc(C2(N)CCC2)cc1. The maximum absolute atomic E-state index is 13.9. The highest BCUT2D eigenvalue weighted by Crippen LogP contribution is 2.39. The number of halogens is 2. The molecule has 2 fully saturated rings. The molecule has 1 aliphatic heterocycles. The first kappa shape index (κ1) is 26.2. The van der Waals surface area contributed by atoms with Crippen molar-refractivity contribution in [3.05, 3.63) is 84.6 Å². The Morgan fingerprint density at radius 1 is 0.925 bits per heavy atom. The Kier molecular flexibility index (Phi) is 6.68. The van der Waals surface area contributed by atoms with Crippen LogP contribution in [0.4, 0.5) is 15.9 Å². The minimum atomic E-state index is -0.777. The number of imidazole rings is 1. The molecule has 7 nitrogen and oxygen atoms in total. The van der Waals surface area contributed by atoms with E-state index in [1.807, 2.05) is 47.0 Å². The number of hydrogen-bond acceptors (Lipinski definition) is 6. The molecule has 9 heteroatoms. The van der Waals surface area contributed by atoms with Crippen molar-refractivity contribution in [2.45, 2.75) is 37.4 Å². The predicted octanol–water partition coefficient (Wildman–Crippen LogP) is 6.04. The second-order valence-corrected chi connectivity index (χ2v) is 10.7. The smallest absolute Gasteiger partial charge is 0.165 e. The van der Waals surface area contributed by atoms with Crippen molar-refractivity contribution < 1.29 is 4.39 Å². The number of benzene rings is 2. The number of nitrogens with two attached hydrogens (primary N) is 2. The molecule has 0 radical (unpaired) electrons. The lowest BCUT2D eigenvalue weighted by Gasteiger charge is -2.38. The molecule has 4 N–H and O–H groups in total. The van der Waals surface area contributed by atoms with E-state index in [4.69, 9.17) is 21.4 Å². The first-order chi connectivity index (χ1) is 19.0. The number of pyridine rings is 2. The van der Waals surface area contributed by atoms with E-state index in [1.54, 1.807) is 6.20 Å². The maximum Gasteiger partial charge on any atom is 0.165 e. The van der Waals surface area contributed by atoms with Crippen LogP contribution in [0.2, 0.25) is 0 Å². The van der Waals surface area contributed by atoms with Crippen LogP contribution in [0.3, 0.4) is 0 Å². The van der Waals surface area contributed by atoms with Gasteiger partial charge in [0.15, 0.2) is 11.5 Å². The average Bonchev–Trinajstić information content (AvgIpc) is 3.55. The molecule has 7 rings (SSSR count). The molecular weight excluding hydrogens is 525 g/mol. The minimum Gasteiger partial charge on any atom is -0.383 e. The molecule has 1 atom stereocenters. The van der Waals surface area contributed by atoms with Crippen molar-refractivity contribution in [1.29, 1.82) is 0 Å². The van der Waals surface area contributed by atoms with Gasteiger partial charge in [-0.15, -0.1) is 12.4 Å². The number of nitrogen functional groups attached to an aromatic ring is 1. The Hall–Kier alpha value is -4.01. The van der Waals surface area contributed by atoms with Crippen LogP contribution in [0.1, 0.15) is 31.2 Å². The molecular formula is C31H31ClFN7. The molecule has 0 spiro atoms. The molecule has 3 aromatic heterocycles. The number of aromatic nitrogens is 4. The van der Waals surface area contributed by atoms with E-state index in [2.05, 4.69) is 40.2 Å². The van der Waals surface area contributed by atoms with E-state index in [9.17, 15) is 4.39 Å².